The number of hydrogen-bond donors (Lipinski definition) is 1. The highest BCUT2D eigenvalue weighted by Gasteiger charge is 2.19. The van der Waals surface area contributed by atoms with Crippen LogP contribution in [0.4, 0.5) is 0 Å². The second kappa shape index (κ2) is 6.38. The lowest BCUT2D eigenvalue weighted by Crippen LogP contribution is -2.19. The monoisotopic (exact) mass is 313 g/mol. The van der Waals surface area contributed by atoms with Crippen LogP contribution in [0.25, 0.3) is 11.0 Å². The van der Waals surface area contributed by atoms with E-state index >= 15 is 0 Å². The van der Waals surface area contributed by atoms with Gasteiger partial charge in [0.15, 0.2) is 5.58 Å². The van der Waals surface area contributed by atoms with Gasteiger partial charge < -0.3 is 9.73 Å². The van der Waals surface area contributed by atoms with E-state index in [1.807, 2.05) is 12.1 Å². The molecule has 1 heterocycles. The number of benzene rings is 1. The molecule has 2 nitrogen and oxygen atoms in total. The van der Waals surface area contributed by atoms with Gasteiger partial charge in [0, 0.05) is 10.9 Å². The Balaban J connectivity index is 2.42. The van der Waals surface area contributed by atoms with E-state index in [4.69, 9.17) is 27.6 Å². The van der Waals surface area contributed by atoms with E-state index in [9.17, 15) is 0 Å². The van der Waals surface area contributed by atoms with E-state index in [0.717, 1.165) is 17.7 Å². The molecule has 0 aliphatic rings. The van der Waals surface area contributed by atoms with Crippen LogP contribution < -0.4 is 5.32 Å². The fraction of sp³-hybridized carbons (Fsp3) is 0.500. The van der Waals surface area contributed by atoms with Crippen molar-refractivity contribution in [2.24, 2.45) is 5.92 Å². The van der Waals surface area contributed by atoms with Gasteiger partial charge in [-0.15, -0.1) is 0 Å². The number of fused-ring (bicyclic) bond motifs is 1. The summed E-state index contributed by atoms with van der Waals surface area (Å²) in [6, 6.07) is 3.83. The molecule has 0 atom stereocenters. The lowest BCUT2D eigenvalue weighted by molar-refractivity contribution is 0.478. The van der Waals surface area contributed by atoms with Gasteiger partial charge in [-0.05, 0) is 30.5 Å². The van der Waals surface area contributed by atoms with Gasteiger partial charge >= 0.3 is 0 Å². The summed E-state index contributed by atoms with van der Waals surface area (Å²) >= 11 is 12.3. The molecular formula is C16H21Cl2NO. The number of hydrogen-bond acceptors (Lipinski definition) is 2. The summed E-state index contributed by atoms with van der Waals surface area (Å²) in [4.78, 5) is 0. The predicted molar refractivity (Wildman–Crippen MR) is 86.9 cm³/mol. The second-order valence-electron chi connectivity index (χ2n) is 5.86. The Bertz CT molecular complexity index is 602. The van der Waals surface area contributed by atoms with Crippen LogP contribution in [0.1, 0.15) is 44.9 Å². The Morgan fingerprint density at radius 1 is 1.15 bits per heavy atom. The largest absolute Gasteiger partial charge is 0.458 e. The lowest BCUT2D eigenvalue weighted by atomic mass is 9.99. The first-order valence-corrected chi connectivity index (χ1v) is 7.77. The van der Waals surface area contributed by atoms with Gasteiger partial charge in [0.05, 0.1) is 11.6 Å². The lowest BCUT2D eigenvalue weighted by Gasteiger charge is -2.09. The molecule has 1 aromatic heterocycles. The first-order chi connectivity index (χ1) is 9.41. The standard InChI is InChI=1S/C16H21Cl2NO/c1-9(2)7-19-8-13-14(10(3)4)11-5-6-12(17)15(18)16(11)20-13/h5-6,9-10,19H,7-8H2,1-4H3. The van der Waals surface area contributed by atoms with E-state index in [-0.39, 0.29) is 0 Å². The molecule has 0 unspecified atom stereocenters. The van der Waals surface area contributed by atoms with Crippen LogP contribution >= 0.6 is 23.2 Å². The fourth-order valence-electron chi connectivity index (χ4n) is 2.41. The smallest absolute Gasteiger partial charge is 0.154 e. The maximum atomic E-state index is 6.25. The van der Waals surface area contributed by atoms with Crippen molar-refractivity contribution in [1.29, 1.82) is 0 Å². The van der Waals surface area contributed by atoms with Gasteiger partial charge in [0.25, 0.3) is 0 Å². The molecule has 2 aromatic rings. The van der Waals surface area contributed by atoms with Gasteiger partial charge in [-0.2, -0.15) is 0 Å². The van der Waals surface area contributed by atoms with E-state index < -0.39 is 0 Å². The molecule has 0 aliphatic heterocycles. The molecule has 110 valence electrons. The molecule has 1 N–H and O–H groups in total. The maximum Gasteiger partial charge on any atom is 0.154 e. The minimum Gasteiger partial charge on any atom is -0.458 e. The SMILES string of the molecule is CC(C)CNCc1oc2c(Cl)c(Cl)ccc2c1C(C)C. The fourth-order valence-corrected chi connectivity index (χ4v) is 2.76. The van der Waals surface area contributed by atoms with Crippen LogP contribution in [0, 0.1) is 5.92 Å². The summed E-state index contributed by atoms with van der Waals surface area (Å²) in [7, 11) is 0. The topological polar surface area (TPSA) is 25.2 Å². The molecule has 1 aromatic carbocycles. The Morgan fingerprint density at radius 3 is 2.45 bits per heavy atom. The van der Waals surface area contributed by atoms with E-state index in [2.05, 4.69) is 33.0 Å². The number of halogens is 2. The van der Waals surface area contributed by atoms with Gasteiger partial charge in [0.2, 0.25) is 0 Å². The molecule has 20 heavy (non-hydrogen) atoms. The molecule has 0 aliphatic carbocycles. The molecule has 0 saturated carbocycles. The average Bonchev–Trinajstić information content (AvgIpc) is 2.73. The van der Waals surface area contributed by atoms with Crippen molar-refractivity contribution in [2.75, 3.05) is 6.54 Å². The zero-order valence-electron chi connectivity index (χ0n) is 12.4. The zero-order valence-corrected chi connectivity index (χ0v) is 13.9. The molecule has 0 fully saturated rings. The highest BCUT2D eigenvalue weighted by Crippen LogP contribution is 2.38. The van der Waals surface area contributed by atoms with Crippen molar-refractivity contribution in [3.8, 4) is 0 Å². The predicted octanol–water partition coefficient (Wildman–Crippen LogP) is 5.61. The number of nitrogens with one attached hydrogen (secondary N) is 1. The normalized spacial score (nSPS) is 12.0. The Labute approximate surface area is 130 Å². The summed E-state index contributed by atoms with van der Waals surface area (Å²) in [6.45, 7) is 10.4. The maximum absolute atomic E-state index is 6.25. The van der Waals surface area contributed by atoms with Gasteiger partial charge in [-0.25, -0.2) is 0 Å². The first-order valence-electron chi connectivity index (χ1n) is 7.01. The minimum atomic E-state index is 0.379. The third kappa shape index (κ3) is 3.13. The third-order valence-electron chi connectivity index (χ3n) is 3.28. The molecule has 0 radical (unpaired) electrons. The van der Waals surface area contributed by atoms with E-state index in [1.54, 1.807) is 0 Å². The summed E-state index contributed by atoms with van der Waals surface area (Å²) in [6.07, 6.45) is 0. The van der Waals surface area contributed by atoms with Crippen molar-refractivity contribution < 1.29 is 4.42 Å². The van der Waals surface area contributed by atoms with Crippen molar-refractivity contribution in [3.63, 3.8) is 0 Å². The second-order valence-corrected chi connectivity index (χ2v) is 6.64. The van der Waals surface area contributed by atoms with Crippen LogP contribution in [0.15, 0.2) is 16.5 Å². The quantitative estimate of drug-likeness (QED) is 0.776. The molecule has 0 bridgehead atoms. The van der Waals surface area contributed by atoms with Gasteiger partial charge in [0.1, 0.15) is 10.8 Å². The van der Waals surface area contributed by atoms with Crippen LogP contribution in [-0.2, 0) is 6.54 Å². The molecule has 4 heteroatoms. The summed E-state index contributed by atoms with van der Waals surface area (Å²) in [5, 5.41) is 5.52. The van der Waals surface area contributed by atoms with E-state index in [1.165, 1.54) is 5.56 Å². The Morgan fingerprint density at radius 2 is 1.85 bits per heavy atom. The van der Waals surface area contributed by atoms with Crippen LogP contribution in [0.2, 0.25) is 10.0 Å². The molecular weight excluding hydrogens is 293 g/mol. The molecule has 0 spiro atoms. The van der Waals surface area contributed by atoms with Gasteiger partial charge in [-0.3, -0.25) is 0 Å². The number of rotatable bonds is 5. The highest BCUT2D eigenvalue weighted by atomic mass is 35.5. The van der Waals surface area contributed by atoms with Crippen molar-refractivity contribution in [1.82, 2.24) is 5.32 Å². The Kier molecular flexibility index (Phi) is 5.00. The first kappa shape index (κ1) is 15.7. The van der Waals surface area contributed by atoms with Crippen LogP contribution in [0.5, 0.6) is 0 Å². The summed E-state index contributed by atoms with van der Waals surface area (Å²) in [5.41, 5.74) is 1.92. The Hall–Kier alpha value is -0.700. The number of furan rings is 1. The summed E-state index contributed by atoms with van der Waals surface area (Å²) in [5.74, 6) is 1.95. The molecule has 0 saturated heterocycles. The summed E-state index contributed by atoms with van der Waals surface area (Å²) < 4.78 is 5.98. The molecule has 2 rings (SSSR count). The van der Waals surface area contributed by atoms with Crippen molar-refractivity contribution in [2.45, 2.75) is 40.2 Å². The highest BCUT2D eigenvalue weighted by molar-refractivity contribution is 6.44. The van der Waals surface area contributed by atoms with Gasteiger partial charge in [-0.1, -0.05) is 50.9 Å². The van der Waals surface area contributed by atoms with Crippen LogP contribution in [-0.4, -0.2) is 6.54 Å². The molecule has 0 amide bonds. The zero-order chi connectivity index (χ0) is 14.9. The van der Waals surface area contributed by atoms with Crippen molar-refractivity contribution in [3.05, 3.63) is 33.5 Å². The average molecular weight is 314 g/mol. The van der Waals surface area contributed by atoms with E-state index in [0.29, 0.717) is 34.0 Å². The third-order valence-corrected chi connectivity index (χ3v) is 4.07. The minimum absolute atomic E-state index is 0.379. The van der Waals surface area contributed by atoms with Crippen LogP contribution in [0.3, 0.4) is 0 Å². The van der Waals surface area contributed by atoms with Crippen molar-refractivity contribution >= 4 is 34.2 Å².